The van der Waals surface area contributed by atoms with Gasteiger partial charge in [0.25, 0.3) is 5.91 Å². The summed E-state index contributed by atoms with van der Waals surface area (Å²) >= 11 is 0. The first-order chi connectivity index (χ1) is 10.9. The highest BCUT2D eigenvalue weighted by Gasteiger charge is 2.14. The number of rotatable bonds is 6. The minimum Gasteiger partial charge on any atom is -0.482 e. The van der Waals surface area contributed by atoms with Crippen LogP contribution in [0, 0.1) is 0 Å². The number of carboxylic acid groups (broad SMARTS) is 1. The maximum atomic E-state index is 12.2. The third-order valence-corrected chi connectivity index (χ3v) is 3.21. The van der Waals surface area contributed by atoms with E-state index < -0.39 is 12.6 Å². The number of carboxylic acids is 1. The average molecular weight is 317 g/mol. The molecule has 0 unspecified atom stereocenters. The SMILES string of the molecule is CC(C)c1cc(C(=O)Nc2ccc(OCC(=O)O)cc2)nn1C. The van der Waals surface area contributed by atoms with Crippen molar-refractivity contribution in [1.82, 2.24) is 9.78 Å². The largest absolute Gasteiger partial charge is 0.482 e. The van der Waals surface area contributed by atoms with Crippen LogP contribution in [0.15, 0.2) is 30.3 Å². The fraction of sp³-hybridized carbons (Fsp3) is 0.312. The predicted octanol–water partition coefficient (Wildman–Crippen LogP) is 2.26. The number of aromatic nitrogens is 2. The number of nitrogens with one attached hydrogen (secondary N) is 1. The molecule has 0 saturated carbocycles. The Morgan fingerprint density at radius 1 is 1.30 bits per heavy atom. The first-order valence-corrected chi connectivity index (χ1v) is 7.16. The minimum atomic E-state index is -1.04. The van der Waals surface area contributed by atoms with Gasteiger partial charge in [0, 0.05) is 18.4 Å². The molecule has 1 aromatic heterocycles. The first kappa shape index (κ1) is 16.5. The normalized spacial score (nSPS) is 10.6. The molecule has 23 heavy (non-hydrogen) atoms. The molecule has 7 nitrogen and oxygen atoms in total. The van der Waals surface area contributed by atoms with E-state index in [1.165, 1.54) is 0 Å². The number of benzene rings is 1. The number of carbonyl (C=O) groups excluding carboxylic acids is 1. The van der Waals surface area contributed by atoms with E-state index in [2.05, 4.69) is 10.4 Å². The van der Waals surface area contributed by atoms with Crippen molar-refractivity contribution in [2.24, 2.45) is 7.05 Å². The Hall–Kier alpha value is -2.83. The van der Waals surface area contributed by atoms with Crippen molar-refractivity contribution in [1.29, 1.82) is 0 Å². The Balaban J connectivity index is 2.02. The number of aliphatic carboxylic acids is 1. The van der Waals surface area contributed by atoms with Crippen LogP contribution in [-0.4, -0.2) is 33.4 Å². The molecule has 1 aromatic carbocycles. The zero-order valence-corrected chi connectivity index (χ0v) is 13.2. The Labute approximate surface area is 133 Å². The second-order valence-corrected chi connectivity index (χ2v) is 5.39. The summed E-state index contributed by atoms with van der Waals surface area (Å²) < 4.78 is 6.73. The fourth-order valence-corrected chi connectivity index (χ4v) is 2.11. The van der Waals surface area contributed by atoms with Crippen molar-refractivity contribution in [3.63, 3.8) is 0 Å². The molecule has 1 heterocycles. The zero-order valence-electron chi connectivity index (χ0n) is 13.2. The van der Waals surface area contributed by atoms with Gasteiger partial charge < -0.3 is 15.2 Å². The third kappa shape index (κ3) is 4.32. The van der Waals surface area contributed by atoms with Gasteiger partial charge in [-0.1, -0.05) is 13.8 Å². The van der Waals surface area contributed by atoms with Gasteiger partial charge in [-0.2, -0.15) is 5.10 Å². The first-order valence-electron chi connectivity index (χ1n) is 7.16. The van der Waals surface area contributed by atoms with Crippen molar-refractivity contribution in [2.45, 2.75) is 19.8 Å². The number of hydrogen-bond acceptors (Lipinski definition) is 4. The number of anilines is 1. The molecule has 0 aliphatic rings. The van der Waals surface area contributed by atoms with Crippen molar-refractivity contribution in [3.05, 3.63) is 41.7 Å². The smallest absolute Gasteiger partial charge is 0.341 e. The number of aryl methyl sites for hydroxylation is 1. The van der Waals surface area contributed by atoms with Crippen LogP contribution >= 0.6 is 0 Å². The molecule has 1 amide bonds. The van der Waals surface area contributed by atoms with Crippen LogP contribution in [0.4, 0.5) is 5.69 Å². The molecule has 7 heteroatoms. The van der Waals surface area contributed by atoms with Gasteiger partial charge in [-0.15, -0.1) is 0 Å². The summed E-state index contributed by atoms with van der Waals surface area (Å²) in [5.41, 5.74) is 1.91. The third-order valence-electron chi connectivity index (χ3n) is 3.21. The van der Waals surface area contributed by atoms with Gasteiger partial charge in [0.1, 0.15) is 5.75 Å². The lowest BCUT2D eigenvalue weighted by atomic mass is 10.1. The highest BCUT2D eigenvalue weighted by Crippen LogP contribution is 2.18. The Bertz CT molecular complexity index is 705. The molecule has 0 aliphatic carbocycles. The van der Waals surface area contributed by atoms with Gasteiger partial charge in [0.15, 0.2) is 12.3 Å². The van der Waals surface area contributed by atoms with Crippen molar-refractivity contribution < 1.29 is 19.4 Å². The molecule has 0 spiro atoms. The molecule has 2 N–H and O–H groups in total. The van der Waals surface area contributed by atoms with Gasteiger partial charge in [-0.05, 0) is 36.2 Å². The number of ether oxygens (including phenoxy) is 1. The lowest BCUT2D eigenvalue weighted by Gasteiger charge is -2.06. The molecule has 0 radical (unpaired) electrons. The second-order valence-electron chi connectivity index (χ2n) is 5.39. The molecule has 122 valence electrons. The monoisotopic (exact) mass is 317 g/mol. The van der Waals surface area contributed by atoms with Gasteiger partial charge in [0.05, 0.1) is 0 Å². The van der Waals surface area contributed by atoms with Crippen molar-refractivity contribution in [2.75, 3.05) is 11.9 Å². The van der Waals surface area contributed by atoms with E-state index in [1.807, 2.05) is 13.8 Å². The topological polar surface area (TPSA) is 93.4 Å². The summed E-state index contributed by atoms with van der Waals surface area (Å²) in [4.78, 5) is 22.6. The summed E-state index contributed by atoms with van der Waals surface area (Å²) in [6.45, 7) is 3.67. The molecule has 0 saturated heterocycles. The predicted molar refractivity (Wildman–Crippen MR) is 84.8 cm³/mol. The van der Waals surface area contributed by atoms with E-state index in [-0.39, 0.29) is 11.8 Å². The Morgan fingerprint density at radius 2 is 1.96 bits per heavy atom. The van der Waals surface area contributed by atoms with E-state index in [4.69, 9.17) is 9.84 Å². The van der Waals surface area contributed by atoms with Crippen LogP contribution in [0.25, 0.3) is 0 Å². The quantitative estimate of drug-likeness (QED) is 0.852. The van der Waals surface area contributed by atoms with Gasteiger partial charge in [-0.25, -0.2) is 4.79 Å². The molecule has 0 aliphatic heterocycles. The van der Waals surface area contributed by atoms with E-state index in [1.54, 1.807) is 42.1 Å². The zero-order chi connectivity index (χ0) is 17.0. The second kappa shape index (κ2) is 6.95. The maximum Gasteiger partial charge on any atom is 0.341 e. The van der Waals surface area contributed by atoms with Gasteiger partial charge >= 0.3 is 5.97 Å². The molecule has 0 bridgehead atoms. The van der Waals surface area contributed by atoms with Crippen LogP contribution < -0.4 is 10.1 Å². The average Bonchev–Trinajstić information content (AvgIpc) is 2.89. The molecular weight excluding hydrogens is 298 g/mol. The van der Waals surface area contributed by atoms with E-state index in [9.17, 15) is 9.59 Å². The van der Waals surface area contributed by atoms with E-state index in [0.29, 0.717) is 17.1 Å². The molecule has 0 fully saturated rings. The number of carbonyl (C=O) groups is 2. The van der Waals surface area contributed by atoms with Gasteiger partial charge in [0.2, 0.25) is 0 Å². The fourth-order valence-electron chi connectivity index (χ4n) is 2.11. The Kier molecular flexibility index (Phi) is 5.00. The van der Waals surface area contributed by atoms with Crippen LogP contribution in [-0.2, 0) is 11.8 Å². The van der Waals surface area contributed by atoms with Crippen molar-refractivity contribution in [3.8, 4) is 5.75 Å². The summed E-state index contributed by atoms with van der Waals surface area (Å²) in [6.07, 6.45) is 0. The molecule has 2 rings (SSSR count). The van der Waals surface area contributed by atoms with Crippen LogP contribution in [0.2, 0.25) is 0 Å². The number of hydrogen-bond donors (Lipinski definition) is 2. The van der Waals surface area contributed by atoms with E-state index >= 15 is 0 Å². The Morgan fingerprint density at radius 3 is 2.48 bits per heavy atom. The molecule has 0 atom stereocenters. The van der Waals surface area contributed by atoms with E-state index in [0.717, 1.165) is 5.69 Å². The summed E-state index contributed by atoms with van der Waals surface area (Å²) in [5.74, 6) is -0.643. The maximum absolute atomic E-state index is 12.2. The van der Waals surface area contributed by atoms with Crippen LogP contribution in [0.1, 0.15) is 35.9 Å². The highest BCUT2D eigenvalue weighted by molar-refractivity contribution is 6.02. The summed E-state index contributed by atoms with van der Waals surface area (Å²) in [5, 5.41) is 15.5. The summed E-state index contributed by atoms with van der Waals surface area (Å²) in [6, 6.07) is 8.24. The van der Waals surface area contributed by atoms with Crippen molar-refractivity contribution >= 4 is 17.6 Å². The lowest BCUT2D eigenvalue weighted by Crippen LogP contribution is -2.13. The number of nitrogens with zero attached hydrogens (tertiary/aromatic N) is 2. The lowest BCUT2D eigenvalue weighted by molar-refractivity contribution is -0.139. The molecule has 2 aromatic rings. The standard InChI is InChI=1S/C16H19N3O4/c1-10(2)14-8-13(18-19(14)3)16(22)17-11-4-6-12(7-5-11)23-9-15(20)21/h4-8,10H,9H2,1-3H3,(H,17,22)(H,20,21). The minimum absolute atomic E-state index is 0.278. The van der Waals surface area contributed by atoms with Crippen LogP contribution in [0.5, 0.6) is 5.75 Å². The van der Waals surface area contributed by atoms with Crippen LogP contribution in [0.3, 0.4) is 0 Å². The number of amides is 1. The highest BCUT2D eigenvalue weighted by atomic mass is 16.5. The molecular formula is C16H19N3O4. The summed E-state index contributed by atoms with van der Waals surface area (Å²) in [7, 11) is 1.81. The van der Waals surface area contributed by atoms with Gasteiger partial charge in [-0.3, -0.25) is 9.48 Å².